The molecule has 6 heteroatoms. The lowest BCUT2D eigenvalue weighted by molar-refractivity contribution is -0.132. The summed E-state index contributed by atoms with van der Waals surface area (Å²) < 4.78 is 28.6. The van der Waals surface area contributed by atoms with Gasteiger partial charge in [0, 0.05) is 32.1 Å². The van der Waals surface area contributed by atoms with Crippen LogP contribution >= 0.6 is 0 Å². The third-order valence-electron chi connectivity index (χ3n) is 7.69. The normalized spacial score (nSPS) is 24.1. The van der Waals surface area contributed by atoms with Crippen LogP contribution in [0.15, 0.2) is 42.5 Å². The zero-order valence-electron chi connectivity index (χ0n) is 18.3. The quantitative estimate of drug-likeness (QED) is 0.706. The Kier molecular flexibility index (Phi) is 5.26. The summed E-state index contributed by atoms with van der Waals surface area (Å²) in [4.78, 5) is 29.4. The molecular weight excluding hydrogens is 410 g/mol. The second-order valence-electron chi connectivity index (χ2n) is 9.71. The van der Waals surface area contributed by atoms with Gasteiger partial charge in [0.15, 0.2) is 0 Å². The maximum atomic E-state index is 14.4. The van der Waals surface area contributed by atoms with Crippen LogP contribution in [0.2, 0.25) is 0 Å². The van der Waals surface area contributed by atoms with E-state index in [0.29, 0.717) is 19.0 Å². The molecule has 1 spiro atoms. The zero-order chi connectivity index (χ0) is 22.5. The van der Waals surface area contributed by atoms with E-state index in [1.165, 1.54) is 18.6 Å². The van der Waals surface area contributed by atoms with E-state index in [1.54, 1.807) is 4.90 Å². The molecule has 1 aliphatic carbocycles. The first-order valence-corrected chi connectivity index (χ1v) is 11.5. The number of benzene rings is 2. The summed E-state index contributed by atoms with van der Waals surface area (Å²) in [5.41, 5.74) is 1.06. The Morgan fingerprint density at radius 3 is 2.28 bits per heavy atom. The Labute approximate surface area is 187 Å². The van der Waals surface area contributed by atoms with Crippen LogP contribution in [0.1, 0.15) is 53.1 Å². The van der Waals surface area contributed by atoms with Gasteiger partial charge in [0.25, 0.3) is 5.91 Å². The first kappa shape index (κ1) is 21.1. The minimum absolute atomic E-state index is 0.00721. The fourth-order valence-corrected chi connectivity index (χ4v) is 5.50. The van der Waals surface area contributed by atoms with Gasteiger partial charge in [-0.2, -0.15) is 0 Å². The molecule has 2 amide bonds. The number of likely N-dealkylation sites (tertiary alicyclic amines) is 2. The molecule has 0 radical (unpaired) electrons. The van der Waals surface area contributed by atoms with Crippen molar-refractivity contribution in [2.75, 3.05) is 26.2 Å². The first-order chi connectivity index (χ1) is 15.4. The molecule has 0 aromatic heterocycles. The summed E-state index contributed by atoms with van der Waals surface area (Å²) in [6.45, 7) is 3.93. The molecule has 168 valence electrons. The number of hydrogen-bond acceptors (Lipinski definition) is 2. The molecule has 32 heavy (non-hydrogen) atoms. The Morgan fingerprint density at radius 2 is 1.59 bits per heavy atom. The van der Waals surface area contributed by atoms with Gasteiger partial charge in [0.05, 0.1) is 0 Å². The number of halogens is 2. The fourth-order valence-electron chi connectivity index (χ4n) is 5.50. The highest BCUT2D eigenvalue weighted by molar-refractivity contribution is 5.95. The summed E-state index contributed by atoms with van der Waals surface area (Å²) in [5, 5.41) is 0. The Morgan fingerprint density at radius 1 is 0.938 bits per heavy atom. The molecule has 3 fully saturated rings. The van der Waals surface area contributed by atoms with Crippen molar-refractivity contribution >= 4 is 11.8 Å². The van der Waals surface area contributed by atoms with Crippen LogP contribution in [0.4, 0.5) is 8.78 Å². The van der Waals surface area contributed by atoms with E-state index in [1.807, 2.05) is 23.1 Å². The molecule has 2 saturated heterocycles. The number of nitrogens with zero attached hydrogens (tertiary/aromatic N) is 2. The van der Waals surface area contributed by atoms with Crippen molar-refractivity contribution in [1.29, 1.82) is 0 Å². The zero-order valence-corrected chi connectivity index (χ0v) is 18.3. The SMILES string of the molecule is Cc1ccc(F)c(C(=O)N2CCC3(CC2)CCN(C(=O)[C@@H]2C[C@H]2c2ccccc2)C3)c1F. The Hall–Kier alpha value is -2.76. The van der Waals surface area contributed by atoms with Crippen molar-refractivity contribution in [2.45, 2.75) is 38.5 Å². The second-order valence-corrected chi connectivity index (χ2v) is 9.71. The highest BCUT2D eigenvalue weighted by Gasteiger charge is 2.49. The van der Waals surface area contributed by atoms with E-state index in [0.717, 1.165) is 44.8 Å². The highest BCUT2D eigenvalue weighted by Crippen LogP contribution is 2.50. The minimum Gasteiger partial charge on any atom is -0.342 e. The molecule has 0 N–H and O–H groups in total. The lowest BCUT2D eigenvalue weighted by Crippen LogP contribution is -2.45. The number of amides is 2. The summed E-state index contributed by atoms with van der Waals surface area (Å²) in [6, 6.07) is 12.7. The molecule has 1 saturated carbocycles. The largest absolute Gasteiger partial charge is 0.342 e. The predicted molar refractivity (Wildman–Crippen MR) is 117 cm³/mol. The molecular formula is C26H28F2N2O2. The molecule has 0 unspecified atom stereocenters. The summed E-state index contributed by atoms with van der Waals surface area (Å²) in [6.07, 6.45) is 3.35. The topological polar surface area (TPSA) is 40.6 Å². The third kappa shape index (κ3) is 3.70. The maximum absolute atomic E-state index is 14.4. The van der Waals surface area contributed by atoms with Crippen molar-refractivity contribution in [3.8, 4) is 0 Å². The number of carbonyl (C=O) groups excluding carboxylic acids is 2. The predicted octanol–water partition coefficient (Wildman–Crippen LogP) is 4.53. The molecule has 2 atom stereocenters. The lowest BCUT2D eigenvalue weighted by atomic mass is 9.77. The monoisotopic (exact) mass is 438 g/mol. The van der Waals surface area contributed by atoms with Gasteiger partial charge in [-0.3, -0.25) is 9.59 Å². The Balaban J connectivity index is 1.19. The summed E-state index contributed by atoms with van der Waals surface area (Å²) in [5.74, 6) is -1.50. The molecule has 2 heterocycles. The van der Waals surface area contributed by atoms with Crippen LogP contribution in [-0.4, -0.2) is 47.8 Å². The number of hydrogen-bond donors (Lipinski definition) is 0. The second kappa shape index (κ2) is 7.98. The minimum atomic E-state index is -0.812. The highest BCUT2D eigenvalue weighted by atomic mass is 19.1. The van der Waals surface area contributed by atoms with Crippen molar-refractivity contribution < 1.29 is 18.4 Å². The molecule has 2 aliphatic heterocycles. The molecule has 5 rings (SSSR count). The summed E-state index contributed by atoms with van der Waals surface area (Å²) >= 11 is 0. The average Bonchev–Trinajstić information content (AvgIpc) is 3.51. The van der Waals surface area contributed by atoms with Gasteiger partial charge in [0.1, 0.15) is 17.2 Å². The molecule has 0 bridgehead atoms. The molecule has 2 aromatic rings. The van der Waals surface area contributed by atoms with E-state index in [9.17, 15) is 18.4 Å². The Bertz CT molecular complexity index is 1050. The fraction of sp³-hybridized carbons (Fsp3) is 0.462. The standard InChI is InChI=1S/C26H28F2N2O2/c1-17-7-8-21(27)22(23(17)28)25(32)29-12-9-26(10-13-29)11-14-30(16-26)24(31)20-15-19(20)18-5-3-2-4-6-18/h2-8,19-20H,9-16H2,1H3/t19-,20+/m0/s1. The van der Waals surface area contributed by atoms with E-state index in [4.69, 9.17) is 0 Å². The first-order valence-electron chi connectivity index (χ1n) is 11.5. The van der Waals surface area contributed by atoms with Crippen LogP contribution < -0.4 is 0 Å². The lowest BCUT2D eigenvalue weighted by Gasteiger charge is -2.39. The summed E-state index contributed by atoms with van der Waals surface area (Å²) in [7, 11) is 0. The van der Waals surface area contributed by atoms with Gasteiger partial charge >= 0.3 is 0 Å². The molecule has 2 aromatic carbocycles. The van der Waals surface area contributed by atoms with Gasteiger partial charge in [-0.15, -0.1) is 0 Å². The van der Waals surface area contributed by atoms with Crippen molar-refractivity contribution in [3.05, 3.63) is 70.8 Å². The van der Waals surface area contributed by atoms with E-state index in [-0.39, 0.29) is 22.8 Å². The van der Waals surface area contributed by atoms with E-state index < -0.39 is 23.1 Å². The van der Waals surface area contributed by atoms with Gasteiger partial charge < -0.3 is 9.80 Å². The third-order valence-corrected chi connectivity index (χ3v) is 7.69. The van der Waals surface area contributed by atoms with E-state index >= 15 is 0 Å². The van der Waals surface area contributed by atoms with Gasteiger partial charge in [-0.25, -0.2) is 8.78 Å². The van der Waals surface area contributed by atoms with Gasteiger partial charge in [-0.05, 0) is 61.1 Å². The van der Waals surface area contributed by atoms with Crippen molar-refractivity contribution in [3.63, 3.8) is 0 Å². The van der Waals surface area contributed by atoms with Gasteiger partial charge in [-0.1, -0.05) is 36.4 Å². The van der Waals surface area contributed by atoms with E-state index in [2.05, 4.69) is 12.1 Å². The average molecular weight is 439 g/mol. The smallest absolute Gasteiger partial charge is 0.259 e. The number of aryl methyl sites for hydroxylation is 1. The van der Waals surface area contributed by atoms with Crippen LogP contribution in [0.25, 0.3) is 0 Å². The number of carbonyl (C=O) groups is 2. The van der Waals surface area contributed by atoms with Crippen LogP contribution in [0.5, 0.6) is 0 Å². The number of rotatable bonds is 3. The van der Waals surface area contributed by atoms with Crippen molar-refractivity contribution in [2.24, 2.45) is 11.3 Å². The van der Waals surface area contributed by atoms with Gasteiger partial charge in [0.2, 0.25) is 5.91 Å². The van der Waals surface area contributed by atoms with Crippen molar-refractivity contribution in [1.82, 2.24) is 9.80 Å². The number of piperidine rings is 1. The molecule has 3 aliphatic rings. The van der Waals surface area contributed by atoms with Crippen LogP contribution in [0.3, 0.4) is 0 Å². The van der Waals surface area contributed by atoms with Crippen LogP contribution in [0, 0.1) is 29.9 Å². The van der Waals surface area contributed by atoms with Crippen LogP contribution in [-0.2, 0) is 4.79 Å². The molecule has 4 nitrogen and oxygen atoms in total. The maximum Gasteiger partial charge on any atom is 0.259 e.